The van der Waals surface area contributed by atoms with Crippen LogP contribution in [0, 0.1) is 0 Å². The molecule has 0 radical (unpaired) electrons. The summed E-state index contributed by atoms with van der Waals surface area (Å²) in [6, 6.07) is 19.7. The molecule has 2 aromatic carbocycles. The number of hydrogen-bond acceptors (Lipinski definition) is 5. The van der Waals surface area contributed by atoms with Crippen LogP contribution in [-0.4, -0.2) is 32.8 Å². The summed E-state index contributed by atoms with van der Waals surface area (Å²) < 4.78 is 6.85. The van der Waals surface area contributed by atoms with Gasteiger partial charge in [0.1, 0.15) is 6.23 Å². The Morgan fingerprint density at radius 1 is 1.03 bits per heavy atom. The Kier molecular flexibility index (Phi) is 5.60. The number of nitrogens with zero attached hydrogens (tertiary/aromatic N) is 1. The van der Waals surface area contributed by atoms with E-state index in [1.807, 2.05) is 60.7 Å². The fraction of sp³-hybridized carbons (Fsp3) is 0.227. The molecular formula is C22H21N3O5. The molecule has 3 aromatic rings. The van der Waals surface area contributed by atoms with Gasteiger partial charge < -0.3 is 15.2 Å². The minimum Gasteiger partial charge on any atom is -0.390 e. The van der Waals surface area contributed by atoms with Gasteiger partial charge in [-0.25, -0.2) is 4.79 Å². The number of rotatable bonds is 5. The predicted octanol–water partition coefficient (Wildman–Crippen LogP) is 1.09. The summed E-state index contributed by atoms with van der Waals surface area (Å²) in [4.78, 5) is 38.4. The molecule has 30 heavy (non-hydrogen) atoms. The van der Waals surface area contributed by atoms with Crippen molar-refractivity contribution < 1.29 is 14.6 Å². The van der Waals surface area contributed by atoms with Crippen LogP contribution in [-0.2, 0) is 9.53 Å². The Morgan fingerprint density at radius 3 is 2.20 bits per heavy atom. The third-order valence-corrected chi connectivity index (χ3v) is 5.07. The van der Waals surface area contributed by atoms with Crippen LogP contribution in [0.2, 0.25) is 0 Å². The number of aromatic nitrogens is 2. The summed E-state index contributed by atoms with van der Waals surface area (Å²) in [5.41, 5.74) is 0.584. The van der Waals surface area contributed by atoms with Crippen molar-refractivity contribution in [1.82, 2.24) is 14.9 Å². The summed E-state index contributed by atoms with van der Waals surface area (Å²) in [5, 5.41) is 13.4. The van der Waals surface area contributed by atoms with Crippen molar-refractivity contribution >= 4 is 5.91 Å². The standard InChI is InChI=1S/C22H21N3O5/c26-16-13-18(25-12-11-17(27)23-22(25)29)30-20(16)21(28)24-19(14-7-3-1-4-8-14)15-9-5-2-6-10-15/h1-12,16,18-20,26H,13H2,(H,24,28)(H,23,27,29)/t16-,18+,20-/m0/s1. The van der Waals surface area contributed by atoms with E-state index in [4.69, 9.17) is 4.74 Å². The molecule has 1 aliphatic rings. The molecule has 0 spiro atoms. The number of carbonyl (C=O) groups is 1. The molecule has 0 unspecified atom stereocenters. The molecule has 8 heteroatoms. The molecule has 4 rings (SSSR count). The second kappa shape index (κ2) is 8.48. The Morgan fingerprint density at radius 2 is 1.63 bits per heavy atom. The van der Waals surface area contributed by atoms with Gasteiger partial charge in [-0.3, -0.25) is 19.1 Å². The molecule has 1 aliphatic heterocycles. The normalized spacial score (nSPS) is 20.9. The second-order valence-electron chi connectivity index (χ2n) is 7.09. The van der Waals surface area contributed by atoms with Gasteiger partial charge in [-0.2, -0.15) is 0 Å². The number of carbonyl (C=O) groups excluding carboxylic acids is 1. The van der Waals surface area contributed by atoms with E-state index in [1.165, 1.54) is 12.3 Å². The minimum atomic E-state index is -1.15. The van der Waals surface area contributed by atoms with Crippen molar-refractivity contribution in [3.05, 3.63) is 105 Å². The SMILES string of the molecule is O=C(NC(c1ccccc1)c1ccccc1)[C@H]1O[C@@H](n2ccc(=O)[nH]c2=O)C[C@@H]1O. The molecular weight excluding hydrogens is 386 g/mol. The van der Waals surface area contributed by atoms with Crippen molar-refractivity contribution in [3.63, 3.8) is 0 Å². The summed E-state index contributed by atoms with van der Waals surface area (Å²) in [5.74, 6) is -0.486. The molecule has 1 saturated heterocycles. The first kappa shape index (κ1) is 19.8. The topological polar surface area (TPSA) is 113 Å². The van der Waals surface area contributed by atoms with Crippen molar-refractivity contribution in [2.24, 2.45) is 0 Å². The molecule has 154 valence electrons. The monoisotopic (exact) mass is 407 g/mol. The van der Waals surface area contributed by atoms with Gasteiger partial charge in [0.25, 0.3) is 11.5 Å². The molecule has 1 fully saturated rings. The van der Waals surface area contributed by atoms with E-state index in [-0.39, 0.29) is 6.42 Å². The third kappa shape index (κ3) is 4.10. The first-order valence-electron chi connectivity index (χ1n) is 9.58. The maximum absolute atomic E-state index is 13.0. The van der Waals surface area contributed by atoms with Crippen LogP contribution >= 0.6 is 0 Å². The van der Waals surface area contributed by atoms with E-state index < -0.39 is 41.6 Å². The highest BCUT2D eigenvalue weighted by molar-refractivity contribution is 5.82. The molecule has 0 bridgehead atoms. The average molecular weight is 407 g/mol. The summed E-state index contributed by atoms with van der Waals surface area (Å²) in [6.45, 7) is 0. The van der Waals surface area contributed by atoms with Crippen LogP contribution in [0.3, 0.4) is 0 Å². The highest BCUT2D eigenvalue weighted by atomic mass is 16.5. The number of ether oxygens (including phenoxy) is 1. The highest BCUT2D eigenvalue weighted by Gasteiger charge is 2.40. The minimum absolute atomic E-state index is 0.0470. The fourth-order valence-electron chi connectivity index (χ4n) is 3.59. The lowest BCUT2D eigenvalue weighted by Gasteiger charge is -2.23. The van der Waals surface area contributed by atoms with Gasteiger partial charge in [0.15, 0.2) is 6.10 Å². The Hall–Kier alpha value is -3.49. The number of H-pyrrole nitrogens is 1. The number of aliphatic hydroxyl groups is 1. The first-order chi connectivity index (χ1) is 14.5. The molecule has 3 N–H and O–H groups in total. The number of aliphatic hydroxyl groups excluding tert-OH is 1. The lowest BCUT2D eigenvalue weighted by molar-refractivity contribution is -0.138. The molecule has 2 heterocycles. The third-order valence-electron chi connectivity index (χ3n) is 5.07. The smallest absolute Gasteiger partial charge is 0.330 e. The van der Waals surface area contributed by atoms with Crippen molar-refractivity contribution in [2.45, 2.75) is 30.9 Å². The number of benzene rings is 2. The summed E-state index contributed by atoms with van der Waals surface area (Å²) in [6.07, 6.45) is -1.77. The number of amides is 1. The van der Waals surface area contributed by atoms with Gasteiger partial charge in [0, 0.05) is 18.7 Å². The summed E-state index contributed by atoms with van der Waals surface area (Å²) >= 11 is 0. The van der Waals surface area contributed by atoms with Gasteiger partial charge in [-0.05, 0) is 11.1 Å². The maximum Gasteiger partial charge on any atom is 0.330 e. The van der Waals surface area contributed by atoms with Crippen LogP contribution in [0.1, 0.15) is 29.8 Å². The largest absolute Gasteiger partial charge is 0.390 e. The van der Waals surface area contributed by atoms with E-state index in [1.54, 1.807) is 0 Å². The van der Waals surface area contributed by atoms with Crippen LogP contribution in [0.25, 0.3) is 0 Å². The lowest BCUT2D eigenvalue weighted by Crippen LogP contribution is -2.42. The van der Waals surface area contributed by atoms with Crippen molar-refractivity contribution in [1.29, 1.82) is 0 Å². The summed E-state index contributed by atoms with van der Waals surface area (Å²) in [7, 11) is 0. The zero-order valence-corrected chi connectivity index (χ0v) is 16.0. The van der Waals surface area contributed by atoms with Crippen LogP contribution in [0.5, 0.6) is 0 Å². The molecule has 0 aliphatic carbocycles. The Balaban J connectivity index is 1.55. The van der Waals surface area contributed by atoms with Gasteiger partial charge in [0.05, 0.1) is 12.1 Å². The van der Waals surface area contributed by atoms with E-state index in [2.05, 4.69) is 10.3 Å². The van der Waals surface area contributed by atoms with Crippen LogP contribution < -0.4 is 16.6 Å². The highest BCUT2D eigenvalue weighted by Crippen LogP contribution is 2.29. The Bertz CT molecular complexity index is 1090. The fourth-order valence-corrected chi connectivity index (χ4v) is 3.59. The van der Waals surface area contributed by atoms with Crippen LogP contribution in [0.15, 0.2) is 82.5 Å². The average Bonchev–Trinajstić information content (AvgIpc) is 3.14. The molecule has 8 nitrogen and oxygen atoms in total. The zero-order valence-electron chi connectivity index (χ0n) is 16.0. The van der Waals surface area contributed by atoms with E-state index in [0.29, 0.717) is 0 Å². The van der Waals surface area contributed by atoms with Gasteiger partial charge >= 0.3 is 5.69 Å². The molecule has 1 aromatic heterocycles. The first-order valence-corrected chi connectivity index (χ1v) is 9.58. The quantitative estimate of drug-likeness (QED) is 0.586. The van der Waals surface area contributed by atoms with Crippen LogP contribution in [0.4, 0.5) is 0 Å². The van der Waals surface area contributed by atoms with Crippen molar-refractivity contribution in [3.8, 4) is 0 Å². The molecule has 1 amide bonds. The molecule has 3 atom stereocenters. The number of hydrogen-bond donors (Lipinski definition) is 3. The maximum atomic E-state index is 13.0. The van der Waals surface area contributed by atoms with E-state index in [9.17, 15) is 19.5 Å². The van der Waals surface area contributed by atoms with E-state index >= 15 is 0 Å². The lowest BCUT2D eigenvalue weighted by atomic mass is 9.98. The van der Waals surface area contributed by atoms with Crippen molar-refractivity contribution in [2.75, 3.05) is 0 Å². The number of nitrogens with one attached hydrogen (secondary N) is 2. The van der Waals surface area contributed by atoms with E-state index in [0.717, 1.165) is 15.7 Å². The second-order valence-corrected chi connectivity index (χ2v) is 7.09. The zero-order chi connectivity index (χ0) is 21.1. The van der Waals surface area contributed by atoms with Gasteiger partial charge in [-0.15, -0.1) is 0 Å². The number of aromatic amines is 1. The Labute approximate surface area is 171 Å². The molecule has 0 saturated carbocycles. The predicted molar refractivity (Wildman–Crippen MR) is 109 cm³/mol. The van der Waals surface area contributed by atoms with Gasteiger partial charge in [-0.1, -0.05) is 60.7 Å². The van der Waals surface area contributed by atoms with Gasteiger partial charge in [0.2, 0.25) is 0 Å².